The van der Waals surface area contributed by atoms with Crippen molar-refractivity contribution in [2.24, 2.45) is 0 Å². The summed E-state index contributed by atoms with van der Waals surface area (Å²) in [5.41, 5.74) is 21.3. The standard InChI is InChI=1S/2C45H27N5S.C39H24N4S/c1-3-13-28(14-4-1)43-46-44(29-15-5-2-6-16-29)48-45(47-43)50-38-25-23-30(49-36-20-10-7-17-31(36)32-18-8-11-21-37(32)49)27-35(38)33-24-26-40-41(42(33)50)34-19-9-12-22-39(34)51-40;1-3-13-28(14-4-1)43-46-44(29-15-5-2-6-16-29)48-45(47-43)50-38-27-30(49-36-20-10-7-17-31(36)32-18-8-11-21-37(32)49)23-24-33(38)34-25-26-40-41(42(34)50)35-19-9-12-22-39(35)51-40;1-3-12-25(13-4-1)27-16-11-17-28(24-27)38-40-37(26-14-5-2-6-15-26)41-39(42-38)43-32-20-9-7-18-29(32)30-22-23-34-35(36(30)43)31-19-8-10-21-33(31)44-34/h2*1-27H;1-24H. The number of benzene rings is 20. The van der Waals surface area contributed by atoms with E-state index in [0.29, 0.717) is 52.8 Å². The average molecular weight is 1920 g/mol. The van der Waals surface area contributed by atoms with Crippen molar-refractivity contribution in [1.82, 2.24) is 67.7 Å². The molecule has 0 radical (unpaired) electrons. The van der Waals surface area contributed by atoms with Gasteiger partial charge in [0, 0.05) is 159 Å². The highest BCUT2D eigenvalue weighted by atomic mass is 32.1. The maximum absolute atomic E-state index is 5.27. The average Bonchev–Trinajstić information content (AvgIpc) is 1.56. The van der Waals surface area contributed by atoms with E-state index in [4.69, 9.17) is 44.9 Å². The fourth-order valence-electron chi connectivity index (χ4n) is 21.7. The lowest BCUT2D eigenvalue weighted by Crippen LogP contribution is -2.07. The number of rotatable bonds is 12. The second-order valence-corrected chi connectivity index (χ2v) is 39.8. The largest absolute Gasteiger partial charge is 0.309 e. The van der Waals surface area contributed by atoms with Gasteiger partial charge >= 0.3 is 0 Å². The molecule has 11 aromatic heterocycles. The van der Waals surface area contributed by atoms with Crippen molar-refractivity contribution in [2.45, 2.75) is 0 Å². The van der Waals surface area contributed by atoms with E-state index in [0.717, 1.165) is 111 Å². The summed E-state index contributed by atoms with van der Waals surface area (Å²) in [6.07, 6.45) is 0. The van der Waals surface area contributed by atoms with Crippen molar-refractivity contribution in [3.8, 4) is 109 Å². The van der Waals surface area contributed by atoms with Crippen LogP contribution in [0.5, 0.6) is 0 Å². The number of hydrogen-bond acceptors (Lipinski definition) is 12. The van der Waals surface area contributed by atoms with Crippen LogP contribution in [-0.4, -0.2) is 67.7 Å². The van der Waals surface area contributed by atoms with Crippen LogP contribution in [0.4, 0.5) is 0 Å². The van der Waals surface area contributed by atoms with Crippen LogP contribution in [0.3, 0.4) is 0 Å². The molecule has 0 saturated heterocycles. The van der Waals surface area contributed by atoms with Gasteiger partial charge in [-0.05, 0) is 114 Å². The first-order chi connectivity index (χ1) is 72.4. The second kappa shape index (κ2) is 34.5. The summed E-state index contributed by atoms with van der Waals surface area (Å²) in [5.74, 6) is 5.61. The summed E-state index contributed by atoms with van der Waals surface area (Å²) in [6, 6.07) is 166. The Morgan fingerprint density at radius 1 is 0.137 bits per heavy atom. The van der Waals surface area contributed by atoms with Gasteiger partial charge in [0.25, 0.3) is 0 Å². The SMILES string of the molecule is c1ccc(-c2cccc(-c3nc(-c4ccccc4)nc(-n4c5ccccc5c5ccc6sc7ccccc7c6c54)n3)c2)cc1.c1ccc(-c2nc(-c3ccccc3)nc(-n3c4cc(-n5c6ccccc6c6ccccc65)ccc4c4ccc5sc6ccccc6c5c43)n2)cc1.c1ccc(-c2nc(-c3ccccc3)nc(-n3c4ccc(-n5c6ccccc6c6ccccc65)cc4c4ccc5sc6ccccc6c5c43)n2)cc1. The molecular weight excluding hydrogens is 1840 g/mol. The van der Waals surface area contributed by atoms with Gasteiger partial charge in [0.15, 0.2) is 34.9 Å². The fraction of sp³-hybridized carbons (Fsp3) is 0. The van der Waals surface area contributed by atoms with E-state index in [1.165, 1.54) is 115 Å². The van der Waals surface area contributed by atoms with Crippen LogP contribution in [-0.2, 0) is 0 Å². The number of nitrogens with zero attached hydrogens (tertiary/aromatic N) is 14. The topological polar surface area (TPSA) is 141 Å². The van der Waals surface area contributed by atoms with Crippen molar-refractivity contribution in [3.63, 3.8) is 0 Å². The quantitative estimate of drug-likeness (QED) is 0.117. The molecule has 0 aliphatic heterocycles. The van der Waals surface area contributed by atoms with Gasteiger partial charge in [-0.3, -0.25) is 13.7 Å². The van der Waals surface area contributed by atoms with Gasteiger partial charge in [0.05, 0.1) is 55.2 Å². The second-order valence-electron chi connectivity index (χ2n) is 36.6. The van der Waals surface area contributed by atoms with Gasteiger partial charge in [0.1, 0.15) is 0 Å². The third-order valence-electron chi connectivity index (χ3n) is 28.2. The highest BCUT2D eigenvalue weighted by molar-refractivity contribution is 7.27. The predicted molar refractivity (Wildman–Crippen MR) is 608 cm³/mol. The maximum Gasteiger partial charge on any atom is 0.238 e. The predicted octanol–water partition coefficient (Wildman–Crippen LogP) is 33.9. The Bertz CT molecular complexity index is 10400. The van der Waals surface area contributed by atoms with Crippen LogP contribution < -0.4 is 0 Å². The lowest BCUT2D eigenvalue weighted by atomic mass is 10.0. The molecule has 0 fully saturated rings. The molecular formula is C129H78N14S3. The number of aromatic nitrogens is 14. The molecule has 0 amide bonds. The van der Waals surface area contributed by atoms with Crippen LogP contribution in [0.2, 0.25) is 0 Å². The Morgan fingerprint density at radius 2 is 0.384 bits per heavy atom. The van der Waals surface area contributed by atoms with Crippen LogP contribution in [0.25, 0.3) is 278 Å². The van der Waals surface area contributed by atoms with E-state index in [1.807, 2.05) is 131 Å². The molecule has 0 atom stereocenters. The molecule has 0 aliphatic carbocycles. The number of thiophene rings is 3. The molecule has 31 aromatic rings. The van der Waals surface area contributed by atoms with Gasteiger partial charge < -0.3 is 9.13 Å². The third kappa shape index (κ3) is 13.9. The zero-order valence-corrected chi connectivity index (χ0v) is 80.5. The van der Waals surface area contributed by atoms with E-state index in [-0.39, 0.29) is 0 Å². The van der Waals surface area contributed by atoms with Crippen molar-refractivity contribution < 1.29 is 0 Å². The molecule has 0 N–H and O–H groups in total. The number of hydrogen-bond donors (Lipinski definition) is 0. The Morgan fingerprint density at radius 3 is 0.747 bits per heavy atom. The lowest BCUT2D eigenvalue weighted by molar-refractivity contribution is 0.954. The number of fused-ring (bicyclic) bond motifs is 27. The van der Waals surface area contributed by atoms with Crippen molar-refractivity contribution in [1.29, 1.82) is 0 Å². The monoisotopic (exact) mass is 1920 g/mol. The zero-order chi connectivity index (χ0) is 96.0. The minimum absolute atomic E-state index is 0.588. The van der Waals surface area contributed by atoms with Gasteiger partial charge in [-0.2, -0.15) is 29.9 Å². The summed E-state index contributed by atoms with van der Waals surface area (Å²) in [6.45, 7) is 0. The first-order valence-corrected chi connectivity index (χ1v) is 51.2. The van der Waals surface area contributed by atoms with Crippen LogP contribution in [0.1, 0.15) is 0 Å². The molecule has 0 aliphatic rings. The molecule has 14 nitrogen and oxygen atoms in total. The molecule has 31 rings (SSSR count). The van der Waals surface area contributed by atoms with E-state index in [9.17, 15) is 0 Å². The maximum atomic E-state index is 5.27. The molecule has 17 heteroatoms. The van der Waals surface area contributed by atoms with E-state index in [2.05, 4.69) is 399 Å². The van der Waals surface area contributed by atoms with Gasteiger partial charge in [0.2, 0.25) is 17.8 Å². The number of para-hydroxylation sites is 5. The third-order valence-corrected chi connectivity index (χ3v) is 31.6. The smallest absolute Gasteiger partial charge is 0.238 e. The molecule has 682 valence electrons. The minimum Gasteiger partial charge on any atom is -0.309 e. The summed E-state index contributed by atoms with van der Waals surface area (Å²) < 4.78 is 19.0. The van der Waals surface area contributed by atoms with E-state index < -0.39 is 0 Å². The fourth-order valence-corrected chi connectivity index (χ4v) is 25.1. The first-order valence-electron chi connectivity index (χ1n) is 48.7. The first kappa shape index (κ1) is 84.0. The van der Waals surface area contributed by atoms with Crippen LogP contribution in [0.15, 0.2) is 473 Å². The Kier molecular flexibility index (Phi) is 19.9. The Hall–Kier alpha value is -18.9. The summed E-state index contributed by atoms with van der Waals surface area (Å²) in [5, 5.41) is 19.3. The van der Waals surface area contributed by atoms with Crippen molar-refractivity contribution in [2.75, 3.05) is 0 Å². The normalized spacial score (nSPS) is 11.8. The van der Waals surface area contributed by atoms with Gasteiger partial charge in [-0.15, -0.1) is 34.0 Å². The van der Waals surface area contributed by atoms with Crippen LogP contribution in [0, 0.1) is 0 Å². The van der Waals surface area contributed by atoms with E-state index >= 15 is 0 Å². The highest BCUT2D eigenvalue weighted by Crippen LogP contribution is 2.50. The molecule has 11 heterocycles. The van der Waals surface area contributed by atoms with Crippen molar-refractivity contribution >= 4 is 204 Å². The lowest BCUT2D eigenvalue weighted by Gasteiger charge is -2.13. The molecule has 20 aromatic carbocycles. The molecule has 0 unspecified atom stereocenters. The van der Waals surface area contributed by atoms with Crippen molar-refractivity contribution in [3.05, 3.63) is 473 Å². The van der Waals surface area contributed by atoms with Gasteiger partial charge in [-0.1, -0.05) is 370 Å². The van der Waals surface area contributed by atoms with E-state index in [1.54, 1.807) is 0 Å². The molecule has 0 spiro atoms. The summed E-state index contributed by atoms with van der Waals surface area (Å²) in [7, 11) is 0. The summed E-state index contributed by atoms with van der Waals surface area (Å²) >= 11 is 5.47. The highest BCUT2D eigenvalue weighted by Gasteiger charge is 2.29. The Balaban J connectivity index is 0.000000104. The Labute approximate surface area is 846 Å². The minimum atomic E-state index is 0.588. The summed E-state index contributed by atoms with van der Waals surface area (Å²) in [4.78, 5) is 46.5. The zero-order valence-electron chi connectivity index (χ0n) is 78.0. The van der Waals surface area contributed by atoms with Crippen LogP contribution >= 0.6 is 34.0 Å². The molecule has 0 saturated carbocycles. The molecule has 0 bridgehead atoms. The molecule has 146 heavy (non-hydrogen) atoms. The van der Waals surface area contributed by atoms with Gasteiger partial charge in [-0.25, -0.2) is 15.0 Å².